The molecule has 4 nitrogen and oxygen atoms in total. The molecule has 1 atom stereocenters. The van der Waals surface area contributed by atoms with Gasteiger partial charge < -0.3 is 18.9 Å². The number of rotatable bonds is 3. The number of fused-ring (bicyclic) bond motifs is 3. The average molecular weight is 378 g/mol. The van der Waals surface area contributed by atoms with E-state index >= 15 is 0 Å². The van der Waals surface area contributed by atoms with Crippen LogP contribution in [0.25, 0.3) is 0 Å². The average Bonchev–Trinajstić information content (AvgIpc) is 3.23. The van der Waals surface area contributed by atoms with E-state index in [2.05, 4.69) is 116 Å². The zero-order valence-electron chi connectivity index (χ0n) is 18.8. The molecule has 0 spiro atoms. The van der Waals surface area contributed by atoms with Gasteiger partial charge in [0.1, 0.15) is 6.17 Å². The SMILES string of the molecule is CCC.CCCN1B(C)N(c2ccccc2)C2N(B1C)c1cccn1C2(C)C. The topological polar surface area (TPSA) is 14.7 Å². The van der Waals surface area contributed by atoms with Crippen molar-refractivity contribution in [2.24, 2.45) is 0 Å². The summed E-state index contributed by atoms with van der Waals surface area (Å²) in [5.74, 6) is 1.33. The molecule has 2 aliphatic heterocycles. The third kappa shape index (κ3) is 3.26. The molecule has 1 saturated heterocycles. The first-order chi connectivity index (χ1) is 13.4. The van der Waals surface area contributed by atoms with Crippen molar-refractivity contribution in [1.29, 1.82) is 0 Å². The highest BCUT2D eigenvalue weighted by molar-refractivity contribution is 6.77. The maximum Gasteiger partial charge on any atom is 0.332 e. The number of nitrogens with zero attached hydrogens (tertiary/aromatic N) is 4. The van der Waals surface area contributed by atoms with Crippen molar-refractivity contribution in [1.82, 2.24) is 9.29 Å². The molecule has 150 valence electrons. The molecule has 2 aromatic rings. The molecule has 2 aliphatic rings. The lowest BCUT2D eigenvalue weighted by Gasteiger charge is -2.56. The maximum atomic E-state index is 2.63. The van der Waals surface area contributed by atoms with Crippen LogP contribution in [0.1, 0.15) is 47.5 Å². The van der Waals surface area contributed by atoms with Crippen LogP contribution in [0.3, 0.4) is 0 Å². The Bertz CT molecular complexity index is 761. The summed E-state index contributed by atoms with van der Waals surface area (Å²) < 4.78 is 5.08. The van der Waals surface area contributed by atoms with Crippen molar-refractivity contribution in [3.63, 3.8) is 0 Å². The van der Waals surface area contributed by atoms with Crippen LogP contribution in [0.2, 0.25) is 13.6 Å². The van der Waals surface area contributed by atoms with Crippen LogP contribution in [0.15, 0.2) is 48.7 Å². The normalized spacial score (nSPS) is 20.6. The second-order valence-corrected chi connectivity index (χ2v) is 8.62. The number of para-hydroxylation sites is 1. The third-order valence-electron chi connectivity index (χ3n) is 6.07. The molecule has 1 aromatic carbocycles. The van der Waals surface area contributed by atoms with Crippen LogP contribution in [0, 0.1) is 0 Å². The van der Waals surface area contributed by atoms with E-state index < -0.39 is 0 Å². The molecule has 6 heteroatoms. The molecular weight excluding hydrogens is 342 g/mol. The standard InChI is InChI=1S/C19H28B2N4.C3H8/c1-6-14-23-20(4)24(16-11-8-7-9-12-16)18-19(2,3)22-15-10-13-17(22)25(18)21(23)5;1-3-2/h7-13,15,18H,6,14H2,1-5H3;3H2,1-2H3. The summed E-state index contributed by atoms with van der Waals surface area (Å²) >= 11 is 0. The van der Waals surface area contributed by atoms with Crippen LogP contribution in [0.4, 0.5) is 11.5 Å². The molecule has 0 N–H and O–H groups in total. The molecule has 4 rings (SSSR count). The van der Waals surface area contributed by atoms with E-state index in [9.17, 15) is 0 Å². The Morgan fingerprint density at radius 1 is 0.893 bits per heavy atom. The third-order valence-corrected chi connectivity index (χ3v) is 6.07. The molecule has 28 heavy (non-hydrogen) atoms. The first-order valence-corrected chi connectivity index (χ1v) is 10.9. The Hall–Kier alpha value is -1.81. The second kappa shape index (κ2) is 8.28. The van der Waals surface area contributed by atoms with E-state index in [1.165, 1.54) is 24.3 Å². The van der Waals surface area contributed by atoms with Gasteiger partial charge in [-0.3, -0.25) is 0 Å². The molecule has 0 amide bonds. The summed E-state index contributed by atoms with van der Waals surface area (Å²) in [6, 6.07) is 15.3. The van der Waals surface area contributed by atoms with Gasteiger partial charge in [0.05, 0.1) is 11.4 Å². The van der Waals surface area contributed by atoms with E-state index in [-0.39, 0.29) is 5.54 Å². The van der Waals surface area contributed by atoms with Gasteiger partial charge in [-0.2, -0.15) is 0 Å². The molecular formula is C22H36B2N4. The van der Waals surface area contributed by atoms with Gasteiger partial charge in [0.25, 0.3) is 0 Å². The van der Waals surface area contributed by atoms with Crippen molar-refractivity contribution < 1.29 is 0 Å². The van der Waals surface area contributed by atoms with Crippen LogP contribution >= 0.6 is 0 Å². The number of benzene rings is 1. The lowest BCUT2D eigenvalue weighted by atomic mass is 9.55. The summed E-state index contributed by atoms with van der Waals surface area (Å²) in [7, 11) is 0. The minimum atomic E-state index is 0.00942. The zero-order valence-corrected chi connectivity index (χ0v) is 18.8. The second-order valence-electron chi connectivity index (χ2n) is 8.62. The van der Waals surface area contributed by atoms with Gasteiger partial charge in [-0.05, 0) is 51.1 Å². The van der Waals surface area contributed by atoms with Crippen molar-refractivity contribution in [3.8, 4) is 0 Å². The number of aromatic nitrogens is 1. The van der Waals surface area contributed by atoms with Crippen molar-refractivity contribution in [3.05, 3.63) is 48.7 Å². The van der Waals surface area contributed by atoms with Gasteiger partial charge in [-0.25, -0.2) is 0 Å². The maximum absolute atomic E-state index is 2.63. The minimum absolute atomic E-state index is 0.00942. The van der Waals surface area contributed by atoms with E-state index in [1.807, 2.05) is 0 Å². The molecule has 0 radical (unpaired) electrons. The zero-order chi connectivity index (χ0) is 20.5. The lowest BCUT2D eigenvalue weighted by Crippen LogP contribution is -2.76. The number of anilines is 2. The van der Waals surface area contributed by atoms with Crippen molar-refractivity contribution >= 4 is 25.5 Å². The van der Waals surface area contributed by atoms with Crippen LogP contribution in [0.5, 0.6) is 0 Å². The fourth-order valence-corrected chi connectivity index (χ4v) is 4.95. The van der Waals surface area contributed by atoms with Crippen molar-refractivity contribution in [2.75, 3.05) is 16.2 Å². The first kappa shape index (κ1) is 20.9. The highest BCUT2D eigenvalue weighted by Crippen LogP contribution is 2.45. The minimum Gasteiger partial charge on any atom is -0.381 e. The van der Waals surface area contributed by atoms with Gasteiger partial charge in [0, 0.05) is 11.9 Å². The van der Waals surface area contributed by atoms with E-state index in [0.717, 1.165) is 6.54 Å². The summed E-state index contributed by atoms with van der Waals surface area (Å²) in [6.07, 6.45) is 4.96. The van der Waals surface area contributed by atoms with Gasteiger partial charge in [0.2, 0.25) is 0 Å². The van der Waals surface area contributed by atoms with Gasteiger partial charge in [-0.1, -0.05) is 59.0 Å². The number of hydrogen-bond acceptors (Lipinski definition) is 3. The smallest absolute Gasteiger partial charge is 0.332 e. The predicted molar refractivity (Wildman–Crippen MR) is 125 cm³/mol. The summed E-state index contributed by atoms with van der Waals surface area (Å²) in [5.41, 5.74) is 1.31. The highest BCUT2D eigenvalue weighted by atomic mass is 15.5. The first-order valence-electron chi connectivity index (χ1n) is 10.9. The molecule has 3 heterocycles. The molecule has 1 fully saturated rings. The summed E-state index contributed by atoms with van der Waals surface area (Å²) in [5, 5.41) is 0. The van der Waals surface area contributed by atoms with E-state index in [1.54, 1.807) is 0 Å². The predicted octanol–water partition coefficient (Wildman–Crippen LogP) is 5.25. The van der Waals surface area contributed by atoms with Crippen LogP contribution in [-0.4, -0.2) is 36.0 Å². The molecule has 0 saturated carbocycles. The largest absolute Gasteiger partial charge is 0.381 e. The fourth-order valence-electron chi connectivity index (χ4n) is 4.95. The van der Waals surface area contributed by atoms with E-state index in [4.69, 9.17) is 0 Å². The van der Waals surface area contributed by atoms with Crippen molar-refractivity contribution in [2.45, 2.75) is 72.8 Å². The lowest BCUT2D eigenvalue weighted by molar-refractivity contribution is 0.326. The fraction of sp³-hybridized carbons (Fsp3) is 0.545. The van der Waals surface area contributed by atoms with Gasteiger partial charge in [-0.15, -0.1) is 0 Å². The molecule has 1 aromatic heterocycles. The molecule has 0 aliphatic carbocycles. The highest BCUT2D eigenvalue weighted by Gasteiger charge is 2.56. The van der Waals surface area contributed by atoms with E-state index in [0.29, 0.717) is 20.1 Å². The van der Waals surface area contributed by atoms with Gasteiger partial charge >= 0.3 is 14.0 Å². The van der Waals surface area contributed by atoms with Gasteiger partial charge in [0.15, 0.2) is 0 Å². The quantitative estimate of drug-likeness (QED) is 0.678. The Morgan fingerprint density at radius 3 is 2.11 bits per heavy atom. The molecule has 0 bridgehead atoms. The Kier molecular flexibility index (Phi) is 6.18. The van der Waals surface area contributed by atoms with Crippen LogP contribution in [-0.2, 0) is 5.54 Å². The molecule has 1 unspecified atom stereocenters. The Labute approximate surface area is 172 Å². The monoisotopic (exact) mass is 378 g/mol. The van der Waals surface area contributed by atoms with Crippen LogP contribution < -0.4 is 9.62 Å². The Morgan fingerprint density at radius 2 is 1.50 bits per heavy atom. The Balaban J connectivity index is 0.000000706. The summed E-state index contributed by atoms with van der Waals surface area (Å²) in [4.78, 5) is 5.23. The summed E-state index contributed by atoms with van der Waals surface area (Å²) in [6.45, 7) is 17.8. The number of hydrogen-bond donors (Lipinski definition) is 0.